The third-order valence-electron chi connectivity index (χ3n) is 5.26. The maximum absolute atomic E-state index is 11.8. The normalized spacial score (nSPS) is 13.8. The number of morpholine rings is 1. The van der Waals surface area contributed by atoms with Crippen molar-refractivity contribution in [3.63, 3.8) is 0 Å². The number of rotatable bonds is 6. The van der Waals surface area contributed by atoms with E-state index in [0.717, 1.165) is 54.1 Å². The fraction of sp³-hybridized carbons (Fsp3) is 0.348. The molecule has 3 N–H and O–H groups in total. The smallest absolute Gasteiger partial charge is 0.320 e. The summed E-state index contributed by atoms with van der Waals surface area (Å²) in [5, 5.41) is 11.1. The Morgan fingerprint density at radius 1 is 1.16 bits per heavy atom. The van der Waals surface area contributed by atoms with Gasteiger partial charge in [0, 0.05) is 49.6 Å². The number of nitrogens with one attached hydrogen (secondary N) is 3. The Labute approximate surface area is 182 Å². The van der Waals surface area contributed by atoms with Gasteiger partial charge in [-0.05, 0) is 60.7 Å². The number of benzene rings is 1. The Balaban J connectivity index is 1.48. The summed E-state index contributed by atoms with van der Waals surface area (Å²) in [5.41, 5.74) is 3.31. The van der Waals surface area contributed by atoms with Gasteiger partial charge < -0.3 is 20.3 Å². The van der Waals surface area contributed by atoms with Crippen molar-refractivity contribution in [2.24, 2.45) is 0 Å². The van der Waals surface area contributed by atoms with Crippen LogP contribution in [0.4, 0.5) is 22.1 Å². The van der Waals surface area contributed by atoms with Crippen LogP contribution in [-0.2, 0) is 11.3 Å². The number of carbonyl (C=O) groups excluding carboxylic acids is 1. The highest BCUT2D eigenvalue weighted by atomic mass is 16.5. The SMILES string of the molecule is CCNC(=O)Nc1cc2cc(NCc3ccnc(N4CCOCC4)c3)cc(C)c2cn1. The number of aryl methyl sites for hydroxylation is 1. The lowest BCUT2D eigenvalue weighted by Gasteiger charge is -2.28. The molecule has 162 valence electrons. The van der Waals surface area contributed by atoms with Gasteiger partial charge in [-0.2, -0.15) is 0 Å². The highest BCUT2D eigenvalue weighted by molar-refractivity contribution is 5.94. The van der Waals surface area contributed by atoms with Gasteiger partial charge in [0.2, 0.25) is 0 Å². The van der Waals surface area contributed by atoms with Gasteiger partial charge in [-0.1, -0.05) is 0 Å². The van der Waals surface area contributed by atoms with Crippen molar-refractivity contribution in [2.75, 3.05) is 48.4 Å². The number of fused-ring (bicyclic) bond motifs is 1. The summed E-state index contributed by atoms with van der Waals surface area (Å²) in [7, 11) is 0. The fourth-order valence-electron chi connectivity index (χ4n) is 3.67. The second-order valence-corrected chi connectivity index (χ2v) is 7.54. The second kappa shape index (κ2) is 9.61. The predicted octanol–water partition coefficient (Wildman–Crippen LogP) is 3.53. The lowest BCUT2D eigenvalue weighted by molar-refractivity contribution is 0.122. The first-order chi connectivity index (χ1) is 15.1. The molecule has 31 heavy (non-hydrogen) atoms. The molecule has 2 amide bonds. The van der Waals surface area contributed by atoms with E-state index < -0.39 is 0 Å². The van der Waals surface area contributed by atoms with Gasteiger partial charge in [0.25, 0.3) is 0 Å². The van der Waals surface area contributed by atoms with E-state index in [9.17, 15) is 4.79 Å². The van der Waals surface area contributed by atoms with Crippen LogP contribution in [0, 0.1) is 6.92 Å². The van der Waals surface area contributed by atoms with Crippen LogP contribution in [-0.4, -0.2) is 48.8 Å². The maximum atomic E-state index is 11.8. The molecule has 0 unspecified atom stereocenters. The third kappa shape index (κ3) is 5.21. The number of ether oxygens (including phenoxy) is 1. The largest absolute Gasteiger partial charge is 0.381 e. The average Bonchev–Trinajstić information content (AvgIpc) is 2.78. The van der Waals surface area contributed by atoms with Gasteiger partial charge >= 0.3 is 6.03 Å². The number of amides is 2. The van der Waals surface area contributed by atoms with Crippen LogP contribution in [0.25, 0.3) is 10.8 Å². The molecule has 0 spiro atoms. The van der Waals surface area contributed by atoms with E-state index in [-0.39, 0.29) is 6.03 Å². The molecule has 1 aromatic carbocycles. The van der Waals surface area contributed by atoms with E-state index >= 15 is 0 Å². The van der Waals surface area contributed by atoms with Gasteiger partial charge in [-0.25, -0.2) is 14.8 Å². The van der Waals surface area contributed by atoms with Crippen molar-refractivity contribution in [2.45, 2.75) is 20.4 Å². The molecule has 0 atom stereocenters. The minimum absolute atomic E-state index is 0.255. The molecule has 8 nitrogen and oxygen atoms in total. The lowest BCUT2D eigenvalue weighted by atomic mass is 10.1. The Morgan fingerprint density at radius 3 is 2.81 bits per heavy atom. The molecule has 1 saturated heterocycles. The van der Waals surface area contributed by atoms with E-state index in [4.69, 9.17) is 4.74 Å². The summed E-state index contributed by atoms with van der Waals surface area (Å²) < 4.78 is 5.43. The van der Waals surface area contributed by atoms with Gasteiger partial charge in [0.15, 0.2) is 0 Å². The van der Waals surface area contributed by atoms with E-state index in [1.165, 1.54) is 5.56 Å². The highest BCUT2D eigenvalue weighted by Gasteiger charge is 2.12. The second-order valence-electron chi connectivity index (χ2n) is 7.54. The molecule has 3 aromatic rings. The van der Waals surface area contributed by atoms with E-state index in [1.54, 1.807) is 6.20 Å². The Kier molecular flexibility index (Phi) is 6.47. The first kappa shape index (κ1) is 20.9. The molecule has 8 heteroatoms. The summed E-state index contributed by atoms with van der Waals surface area (Å²) >= 11 is 0. The first-order valence-electron chi connectivity index (χ1n) is 10.6. The summed E-state index contributed by atoms with van der Waals surface area (Å²) in [6.45, 7) is 8.42. The van der Waals surface area contributed by atoms with Crippen LogP contribution in [0.3, 0.4) is 0 Å². The number of urea groups is 1. The quantitative estimate of drug-likeness (QED) is 0.565. The van der Waals surface area contributed by atoms with Gasteiger partial charge in [0.05, 0.1) is 13.2 Å². The molecule has 3 heterocycles. The number of anilines is 3. The lowest BCUT2D eigenvalue weighted by Crippen LogP contribution is -2.36. The minimum Gasteiger partial charge on any atom is -0.381 e. The summed E-state index contributed by atoms with van der Waals surface area (Å²) in [6, 6.07) is 10.00. The molecule has 2 aromatic heterocycles. The van der Waals surface area contributed by atoms with Crippen molar-refractivity contribution >= 4 is 34.1 Å². The van der Waals surface area contributed by atoms with E-state index in [0.29, 0.717) is 18.9 Å². The highest BCUT2D eigenvalue weighted by Crippen LogP contribution is 2.25. The molecule has 0 aliphatic carbocycles. The van der Waals surface area contributed by atoms with Crippen LogP contribution < -0.4 is 20.9 Å². The number of hydrogen-bond donors (Lipinski definition) is 3. The number of pyridine rings is 2. The summed E-state index contributed by atoms with van der Waals surface area (Å²) in [4.78, 5) is 22.9. The summed E-state index contributed by atoms with van der Waals surface area (Å²) in [5.74, 6) is 1.52. The molecule has 0 saturated carbocycles. The average molecular weight is 421 g/mol. The van der Waals surface area contributed by atoms with E-state index in [2.05, 4.69) is 55.9 Å². The topological polar surface area (TPSA) is 91.4 Å². The van der Waals surface area contributed by atoms with Crippen molar-refractivity contribution < 1.29 is 9.53 Å². The molecule has 0 bridgehead atoms. The molecule has 0 radical (unpaired) electrons. The first-order valence-corrected chi connectivity index (χ1v) is 10.6. The monoisotopic (exact) mass is 420 g/mol. The van der Waals surface area contributed by atoms with Crippen LogP contribution in [0.5, 0.6) is 0 Å². The third-order valence-corrected chi connectivity index (χ3v) is 5.26. The molecule has 4 rings (SSSR count). The Hall–Kier alpha value is -3.39. The molecular weight excluding hydrogens is 392 g/mol. The fourth-order valence-corrected chi connectivity index (χ4v) is 3.67. The van der Waals surface area contributed by atoms with Crippen molar-refractivity contribution in [1.29, 1.82) is 0 Å². The van der Waals surface area contributed by atoms with Crippen LogP contribution >= 0.6 is 0 Å². The van der Waals surface area contributed by atoms with E-state index in [1.807, 2.05) is 25.3 Å². The van der Waals surface area contributed by atoms with Crippen LogP contribution in [0.2, 0.25) is 0 Å². The Morgan fingerprint density at radius 2 is 2.00 bits per heavy atom. The number of aromatic nitrogens is 2. The standard InChI is InChI=1S/C23H28N6O2/c1-3-24-23(30)28-21-13-18-12-19(10-16(2)20(18)15-27-21)26-14-17-4-5-25-22(11-17)29-6-8-31-9-7-29/h4-5,10-13,15,26H,3,6-9,14H2,1-2H3,(H2,24,27,28,30). The van der Waals surface area contributed by atoms with Gasteiger partial charge in [0.1, 0.15) is 11.6 Å². The van der Waals surface area contributed by atoms with Crippen molar-refractivity contribution in [1.82, 2.24) is 15.3 Å². The Bertz CT molecular complexity index is 1070. The number of nitrogens with zero attached hydrogens (tertiary/aromatic N) is 3. The summed E-state index contributed by atoms with van der Waals surface area (Å²) in [6.07, 6.45) is 3.66. The number of carbonyl (C=O) groups is 1. The zero-order valence-corrected chi connectivity index (χ0v) is 17.9. The predicted molar refractivity (Wildman–Crippen MR) is 124 cm³/mol. The van der Waals surface area contributed by atoms with Crippen LogP contribution in [0.15, 0.2) is 42.7 Å². The zero-order valence-electron chi connectivity index (χ0n) is 17.9. The molecule has 1 fully saturated rings. The molecule has 1 aliphatic heterocycles. The molecule has 1 aliphatic rings. The van der Waals surface area contributed by atoms with Crippen molar-refractivity contribution in [3.8, 4) is 0 Å². The van der Waals surface area contributed by atoms with Crippen molar-refractivity contribution in [3.05, 3.63) is 53.9 Å². The van der Waals surface area contributed by atoms with Crippen LogP contribution in [0.1, 0.15) is 18.1 Å². The zero-order chi connectivity index (χ0) is 21.6. The maximum Gasteiger partial charge on any atom is 0.320 e. The molecular formula is C23H28N6O2. The number of hydrogen-bond acceptors (Lipinski definition) is 6. The van der Waals surface area contributed by atoms with Gasteiger partial charge in [-0.15, -0.1) is 0 Å². The van der Waals surface area contributed by atoms with Gasteiger partial charge in [-0.3, -0.25) is 5.32 Å². The minimum atomic E-state index is -0.255.